The van der Waals surface area contributed by atoms with E-state index >= 15 is 0 Å². The molecule has 0 aliphatic heterocycles. The van der Waals surface area contributed by atoms with Crippen LogP contribution in [-0.4, -0.2) is 35.7 Å². The second kappa shape index (κ2) is 6.92. The molecule has 0 radical (unpaired) electrons. The van der Waals surface area contributed by atoms with Crippen molar-refractivity contribution in [2.45, 2.75) is 84.8 Å². The molecule has 0 amide bonds. The third-order valence-corrected chi connectivity index (χ3v) is 8.77. The van der Waals surface area contributed by atoms with Crippen LogP contribution in [0.4, 0.5) is 0 Å². The van der Waals surface area contributed by atoms with Gasteiger partial charge in [-0.25, -0.2) is 0 Å². The Kier molecular flexibility index (Phi) is 4.90. The number of hydrogen-bond donors (Lipinski definition) is 0. The maximum atomic E-state index is 13.3. The Morgan fingerprint density at radius 1 is 0.966 bits per heavy atom. The van der Waals surface area contributed by atoms with Crippen molar-refractivity contribution in [1.29, 1.82) is 0 Å². The van der Waals surface area contributed by atoms with Crippen molar-refractivity contribution in [3.63, 3.8) is 0 Å². The molecule has 160 valence electrons. The number of ketones is 2. The summed E-state index contributed by atoms with van der Waals surface area (Å²) in [7, 11) is 0. The Bertz CT molecular complexity index is 758. The minimum Gasteiger partial charge on any atom is -0.459 e. The molecule has 0 spiro atoms. The van der Waals surface area contributed by atoms with Crippen LogP contribution in [0.25, 0.3) is 0 Å². The quantitative estimate of drug-likeness (QED) is 0.657. The summed E-state index contributed by atoms with van der Waals surface area (Å²) in [5, 5.41) is 0. The van der Waals surface area contributed by atoms with Crippen molar-refractivity contribution < 1.29 is 28.7 Å². The fraction of sp³-hybridized carbons (Fsp3) is 0.826. The molecule has 0 N–H and O–H groups in total. The molecule has 8 atom stereocenters. The van der Waals surface area contributed by atoms with E-state index in [0.717, 1.165) is 19.3 Å². The highest BCUT2D eigenvalue weighted by Gasteiger charge is 2.64. The van der Waals surface area contributed by atoms with E-state index in [1.54, 1.807) is 0 Å². The molecule has 0 aromatic rings. The zero-order valence-corrected chi connectivity index (χ0v) is 17.9. The van der Waals surface area contributed by atoms with Crippen molar-refractivity contribution in [2.24, 2.45) is 34.5 Å². The first-order valence-corrected chi connectivity index (χ1v) is 11.0. The van der Waals surface area contributed by atoms with E-state index in [2.05, 4.69) is 13.8 Å². The van der Waals surface area contributed by atoms with Crippen LogP contribution in [-0.2, 0) is 28.7 Å². The summed E-state index contributed by atoms with van der Waals surface area (Å²) in [6, 6.07) is 0. The topological polar surface area (TPSA) is 86.7 Å². The summed E-state index contributed by atoms with van der Waals surface area (Å²) in [5.41, 5.74) is -0.585. The van der Waals surface area contributed by atoms with Gasteiger partial charge in [-0.2, -0.15) is 0 Å². The summed E-state index contributed by atoms with van der Waals surface area (Å²) < 4.78 is 11.0. The molecule has 0 aromatic heterocycles. The number of esters is 2. The Morgan fingerprint density at radius 3 is 2.28 bits per heavy atom. The van der Waals surface area contributed by atoms with E-state index in [4.69, 9.17) is 9.47 Å². The molecule has 4 rings (SSSR count). The molecule has 0 heterocycles. The van der Waals surface area contributed by atoms with Gasteiger partial charge in [0.2, 0.25) is 0 Å². The fourth-order valence-corrected chi connectivity index (χ4v) is 7.47. The highest BCUT2D eigenvalue weighted by Crippen LogP contribution is 2.65. The minimum atomic E-state index is -0.572. The first kappa shape index (κ1) is 20.5. The number of carbonyl (C=O) groups excluding carboxylic acids is 4. The minimum absolute atomic E-state index is 0.193. The number of Topliss-reactive ketones (excluding diaryl/α,β-unsaturated/α-hetero) is 2. The second-order valence-electron chi connectivity index (χ2n) is 10.3. The number of carbonyl (C=O) groups is 4. The van der Waals surface area contributed by atoms with Gasteiger partial charge in [0.15, 0.2) is 0 Å². The van der Waals surface area contributed by atoms with Crippen molar-refractivity contribution in [2.75, 3.05) is 0 Å². The van der Waals surface area contributed by atoms with Gasteiger partial charge in [0.1, 0.15) is 23.8 Å². The molecular weight excluding hydrogens is 372 g/mol. The standard InChI is InChI=1S/C23H32O6/c1-12(24)28-19-10-17-18(26)9-14-15-5-6-21(27)22(15,3)8-7-16(14)23(17,4)11-20(19)29-13(2)25/h14-17,19-20H,5-11H2,1-4H3/t14-,15-,16-,17+,19+,20-,22-,23+/m0/s1. The van der Waals surface area contributed by atoms with E-state index in [9.17, 15) is 19.2 Å². The second-order valence-corrected chi connectivity index (χ2v) is 10.3. The zero-order chi connectivity index (χ0) is 21.1. The summed E-state index contributed by atoms with van der Waals surface area (Å²) in [4.78, 5) is 49.2. The van der Waals surface area contributed by atoms with Gasteiger partial charge in [0.05, 0.1) is 0 Å². The van der Waals surface area contributed by atoms with Gasteiger partial charge >= 0.3 is 11.9 Å². The van der Waals surface area contributed by atoms with Gasteiger partial charge in [-0.05, 0) is 55.3 Å². The van der Waals surface area contributed by atoms with Crippen molar-refractivity contribution in [3.8, 4) is 0 Å². The smallest absolute Gasteiger partial charge is 0.303 e. The maximum Gasteiger partial charge on any atom is 0.303 e. The molecule has 4 aliphatic carbocycles. The van der Waals surface area contributed by atoms with E-state index < -0.39 is 24.1 Å². The van der Waals surface area contributed by atoms with Crippen LogP contribution in [0, 0.1) is 34.5 Å². The number of ether oxygens (including phenoxy) is 2. The molecule has 0 unspecified atom stereocenters. The zero-order valence-electron chi connectivity index (χ0n) is 17.9. The summed E-state index contributed by atoms with van der Waals surface area (Å²) in [6.07, 6.45) is 3.67. The Labute approximate surface area is 172 Å². The van der Waals surface area contributed by atoms with Crippen molar-refractivity contribution in [1.82, 2.24) is 0 Å². The van der Waals surface area contributed by atoms with Crippen LogP contribution < -0.4 is 0 Å². The van der Waals surface area contributed by atoms with Crippen LogP contribution >= 0.6 is 0 Å². The predicted molar refractivity (Wildman–Crippen MR) is 104 cm³/mol. The molecule has 0 saturated heterocycles. The lowest BCUT2D eigenvalue weighted by Crippen LogP contribution is -2.60. The van der Waals surface area contributed by atoms with Gasteiger partial charge in [-0.1, -0.05) is 13.8 Å². The maximum absolute atomic E-state index is 13.3. The third-order valence-electron chi connectivity index (χ3n) is 8.77. The molecule has 4 saturated carbocycles. The number of fused-ring (bicyclic) bond motifs is 5. The van der Waals surface area contributed by atoms with Crippen LogP contribution in [0.5, 0.6) is 0 Å². The Hall–Kier alpha value is -1.72. The Balaban J connectivity index is 1.66. The van der Waals surface area contributed by atoms with Crippen LogP contribution in [0.1, 0.15) is 72.6 Å². The Morgan fingerprint density at radius 2 is 1.62 bits per heavy atom. The van der Waals surface area contributed by atoms with E-state index in [0.29, 0.717) is 37.4 Å². The largest absolute Gasteiger partial charge is 0.459 e. The van der Waals surface area contributed by atoms with E-state index in [1.807, 2.05) is 0 Å². The van der Waals surface area contributed by atoms with Gasteiger partial charge in [0.25, 0.3) is 0 Å². The predicted octanol–water partition coefficient (Wildman–Crippen LogP) is 3.25. The van der Waals surface area contributed by atoms with Crippen molar-refractivity contribution in [3.05, 3.63) is 0 Å². The molecule has 0 bridgehead atoms. The lowest BCUT2D eigenvalue weighted by atomic mass is 9.44. The first-order valence-electron chi connectivity index (χ1n) is 11.0. The molecule has 6 nitrogen and oxygen atoms in total. The molecule has 4 fully saturated rings. The molecule has 6 heteroatoms. The third kappa shape index (κ3) is 3.14. The fourth-order valence-electron chi connectivity index (χ4n) is 7.47. The lowest BCUT2D eigenvalue weighted by Gasteiger charge is -2.60. The summed E-state index contributed by atoms with van der Waals surface area (Å²) in [5.74, 6) is 0.381. The van der Waals surface area contributed by atoms with Crippen LogP contribution in [0.15, 0.2) is 0 Å². The van der Waals surface area contributed by atoms with E-state index in [1.165, 1.54) is 13.8 Å². The highest BCUT2D eigenvalue weighted by molar-refractivity contribution is 5.88. The molecule has 29 heavy (non-hydrogen) atoms. The number of hydrogen-bond acceptors (Lipinski definition) is 6. The average Bonchev–Trinajstić information content (AvgIpc) is 2.91. The molecule has 0 aromatic carbocycles. The van der Waals surface area contributed by atoms with Gasteiger partial charge < -0.3 is 9.47 Å². The van der Waals surface area contributed by atoms with E-state index in [-0.39, 0.29) is 34.4 Å². The normalized spacial score (nSPS) is 46.3. The summed E-state index contributed by atoms with van der Waals surface area (Å²) >= 11 is 0. The van der Waals surface area contributed by atoms with Gasteiger partial charge in [-0.3, -0.25) is 19.2 Å². The first-order chi connectivity index (χ1) is 13.6. The average molecular weight is 405 g/mol. The molecule has 4 aliphatic rings. The van der Waals surface area contributed by atoms with Crippen molar-refractivity contribution >= 4 is 23.5 Å². The summed E-state index contributed by atoms with van der Waals surface area (Å²) in [6.45, 7) is 6.97. The number of rotatable bonds is 2. The van der Waals surface area contributed by atoms with Crippen LogP contribution in [0.3, 0.4) is 0 Å². The monoisotopic (exact) mass is 404 g/mol. The van der Waals surface area contributed by atoms with Gasteiger partial charge in [-0.15, -0.1) is 0 Å². The highest BCUT2D eigenvalue weighted by atomic mass is 16.6. The van der Waals surface area contributed by atoms with Crippen LogP contribution in [0.2, 0.25) is 0 Å². The lowest BCUT2D eigenvalue weighted by molar-refractivity contribution is -0.195. The molecular formula is C23H32O6. The SMILES string of the molecule is CC(=O)O[C@H]1C[C@@]2(C)[C@H](C[C@H]1OC(C)=O)C(=O)C[C@@H]1[C@@H]2CC[C@]2(C)C(=O)CC[C@@H]12. The van der Waals surface area contributed by atoms with Gasteiger partial charge in [0, 0.05) is 38.0 Å².